The van der Waals surface area contributed by atoms with Crippen LogP contribution in [0.2, 0.25) is 0 Å². The number of nitriles is 1. The van der Waals surface area contributed by atoms with Crippen LogP contribution in [0.1, 0.15) is 54.2 Å². The first-order valence-electron chi connectivity index (χ1n) is 16.2. The van der Waals surface area contributed by atoms with Gasteiger partial charge in [0.05, 0.1) is 44.0 Å². The Morgan fingerprint density at radius 3 is 2.33 bits per heavy atom. The smallest absolute Gasteiger partial charge is 0.161 e. The van der Waals surface area contributed by atoms with Gasteiger partial charge in [0.1, 0.15) is 0 Å². The maximum Gasteiger partial charge on any atom is 0.161 e. The van der Waals surface area contributed by atoms with E-state index in [1.165, 1.54) is 28.1 Å². The molecule has 0 spiro atoms. The summed E-state index contributed by atoms with van der Waals surface area (Å²) in [6.45, 7) is -4.86. The van der Waals surface area contributed by atoms with Gasteiger partial charge in [0.25, 0.3) is 0 Å². The summed E-state index contributed by atoms with van der Waals surface area (Å²) >= 11 is 0. The maximum absolute atomic E-state index is 10.6. The van der Waals surface area contributed by atoms with Crippen molar-refractivity contribution in [3.05, 3.63) is 47.5 Å². The third-order valence-electron chi connectivity index (χ3n) is 5.11. The molecular formula is C27H38N2O4. The van der Waals surface area contributed by atoms with Crippen molar-refractivity contribution in [3.63, 3.8) is 0 Å². The van der Waals surface area contributed by atoms with Crippen LogP contribution in [0.15, 0.2) is 36.3 Å². The van der Waals surface area contributed by atoms with E-state index in [4.69, 9.17) is 35.4 Å². The van der Waals surface area contributed by atoms with Gasteiger partial charge in [-0.1, -0.05) is 26.0 Å². The minimum absolute atomic E-state index is 0.128. The SMILES string of the molecule is [2H]c1c([2H])c(C(C#N)(C(C)C)C([2H])([2H])C([2H])([2H])C([2H])([2H])N(CCc2ccc(OC)c(OC)c2)C([2H])([2H])[2H])c([2H])c(OC)c1OC. The molecule has 0 saturated heterocycles. The highest BCUT2D eigenvalue weighted by atomic mass is 16.5. The molecule has 6 heteroatoms. The number of ether oxygens (including phenoxy) is 4. The van der Waals surface area contributed by atoms with Crippen molar-refractivity contribution in [1.29, 1.82) is 5.26 Å². The van der Waals surface area contributed by atoms with Crippen LogP contribution in [0, 0.1) is 17.2 Å². The van der Waals surface area contributed by atoms with Gasteiger partial charge in [-0.2, -0.15) is 5.26 Å². The Morgan fingerprint density at radius 2 is 1.76 bits per heavy atom. The summed E-state index contributed by atoms with van der Waals surface area (Å²) in [7, 11) is 5.11. The quantitative estimate of drug-likeness (QED) is 0.410. The van der Waals surface area contributed by atoms with Crippen LogP contribution in [-0.2, 0) is 11.8 Å². The van der Waals surface area contributed by atoms with E-state index in [1.54, 1.807) is 24.3 Å². The molecular weight excluding hydrogens is 416 g/mol. The summed E-state index contributed by atoms with van der Waals surface area (Å²) in [5, 5.41) is 10.6. The van der Waals surface area contributed by atoms with Crippen LogP contribution in [0.4, 0.5) is 0 Å². The van der Waals surface area contributed by atoms with Gasteiger partial charge in [0.2, 0.25) is 0 Å². The van der Waals surface area contributed by atoms with Gasteiger partial charge in [-0.05, 0) is 73.9 Å². The van der Waals surface area contributed by atoms with Gasteiger partial charge < -0.3 is 23.8 Å². The monoisotopic (exact) mass is 466 g/mol. The number of hydrogen-bond acceptors (Lipinski definition) is 6. The Labute approximate surface area is 215 Å². The van der Waals surface area contributed by atoms with Gasteiger partial charge in [0, 0.05) is 18.9 Å². The molecule has 0 heterocycles. The highest BCUT2D eigenvalue weighted by Crippen LogP contribution is 2.40. The molecule has 0 aromatic heterocycles. The second-order valence-electron chi connectivity index (χ2n) is 7.34. The molecule has 2 aromatic rings. The van der Waals surface area contributed by atoms with E-state index < -0.39 is 73.5 Å². The summed E-state index contributed by atoms with van der Waals surface area (Å²) in [5.74, 6) is -1.27. The molecule has 0 N–H and O–H groups in total. The molecule has 0 aliphatic rings. The molecule has 2 rings (SSSR count). The van der Waals surface area contributed by atoms with Crippen LogP contribution < -0.4 is 18.9 Å². The number of nitrogens with zero attached hydrogens (tertiary/aromatic N) is 2. The minimum atomic E-state index is -3.79. The molecule has 33 heavy (non-hydrogen) atoms. The summed E-state index contributed by atoms with van der Waals surface area (Å²) < 4.78 is 125. The van der Waals surface area contributed by atoms with E-state index in [0.29, 0.717) is 17.1 Å². The summed E-state index contributed by atoms with van der Waals surface area (Å²) in [4.78, 5) is 0.213. The molecule has 0 saturated carbocycles. The van der Waals surface area contributed by atoms with Gasteiger partial charge in [-0.25, -0.2) is 0 Å². The number of methoxy groups -OCH3 is 4. The van der Waals surface area contributed by atoms with Crippen molar-refractivity contribution in [2.45, 2.75) is 38.4 Å². The van der Waals surface area contributed by atoms with Crippen LogP contribution in [0.3, 0.4) is 0 Å². The van der Waals surface area contributed by atoms with Crippen LogP contribution in [-0.4, -0.2) is 53.4 Å². The molecule has 0 bridgehead atoms. The maximum atomic E-state index is 10.6. The predicted octanol–water partition coefficient (Wildman–Crippen LogP) is 5.09. The number of benzene rings is 2. The Balaban J connectivity index is 2.83. The standard InChI is InChI=1S/C27H38N2O4/c1-20(2)27(19-28,22-10-12-24(31-5)26(18-22)33-7)14-8-15-29(3)16-13-21-9-11-23(30-4)25(17-21)32-6/h9-12,17-18,20H,8,13-16H2,1-7H3/i3D3,8D2,10D,12D,14D2,15D2,18D. The zero-order valence-electron chi connectivity index (χ0n) is 31.8. The third kappa shape index (κ3) is 6.33. The fourth-order valence-electron chi connectivity index (χ4n) is 3.10. The average molecular weight is 467 g/mol. The lowest BCUT2D eigenvalue weighted by Crippen LogP contribution is -2.32. The zero-order chi connectivity index (χ0) is 34.9. The van der Waals surface area contributed by atoms with E-state index >= 15 is 0 Å². The first kappa shape index (κ1) is 13.7. The van der Waals surface area contributed by atoms with Gasteiger partial charge >= 0.3 is 0 Å². The molecule has 0 aliphatic carbocycles. The molecule has 180 valence electrons. The number of hydrogen-bond donors (Lipinski definition) is 0. The normalized spacial score (nSPS) is 19.8. The third-order valence-corrected chi connectivity index (χ3v) is 5.11. The second kappa shape index (κ2) is 12.4. The summed E-state index contributed by atoms with van der Waals surface area (Å²) in [6, 6.07) is 4.19. The highest BCUT2D eigenvalue weighted by Gasteiger charge is 2.36. The van der Waals surface area contributed by atoms with Gasteiger partial charge in [-0.15, -0.1) is 0 Å². The van der Waals surface area contributed by atoms with Crippen LogP contribution in [0.25, 0.3) is 0 Å². The average Bonchev–Trinajstić information content (AvgIpc) is 2.95. The number of rotatable bonds is 13. The van der Waals surface area contributed by atoms with Crippen LogP contribution in [0.5, 0.6) is 23.0 Å². The number of likely N-dealkylation sites (N-methyl/N-ethyl adjacent to an activating group) is 1. The second-order valence-corrected chi connectivity index (χ2v) is 7.34. The fraction of sp³-hybridized carbons (Fsp3) is 0.519. The minimum Gasteiger partial charge on any atom is -0.493 e. The summed E-state index contributed by atoms with van der Waals surface area (Å²) in [6.07, 6.45) is -7.55. The lowest BCUT2D eigenvalue weighted by molar-refractivity contribution is 0.292. The molecule has 1 unspecified atom stereocenters. The largest absolute Gasteiger partial charge is 0.493 e. The van der Waals surface area contributed by atoms with Crippen molar-refractivity contribution in [3.8, 4) is 29.1 Å². The van der Waals surface area contributed by atoms with Crippen molar-refractivity contribution >= 4 is 0 Å². The van der Waals surface area contributed by atoms with E-state index in [2.05, 4.69) is 0 Å². The molecule has 1 atom stereocenters. The molecule has 6 nitrogen and oxygen atoms in total. The fourth-order valence-corrected chi connectivity index (χ4v) is 3.10. The molecule has 0 fully saturated rings. The van der Waals surface area contributed by atoms with Gasteiger partial charge in [-0.3, -0.25) is 0 Å². The topological polar surface area (TPSA) is 64.0 Å². The highest BCUT2D eigenvalue weighted by molar-refractivity contribution is 5.47. The lowest BCUT2D eigenvalue weighted by Gasteiger charge is -2.32. The van der Waals surface area contributed by atoms with Crippen molar-refractivity contribution in [1.82, 2.24) is 4.90 Å². The van der Waals surface area contributed by atoms with E-state index in [0.717, 1.165) is 14.2 Å². The Bertz CT molecular complexity index is 1430. The predicted molar refractivity (Wildman–Crippen MR) is 132 cm³/mol. The van der Waals surface area contributed by atoms with E-state index in [9.17, 15) is 5.26 Å². The molecule has 0 amide bonds. The lowest BCUT2D eigenvalue weighted by atomic mass is 9.69. The Kier molecular flexibility index (Phi) is 5.14. The first-order chi connectivity index (χ1) is 20.6. The van der Waals surface area contributed by atoms with E-state index in [1.807, 2.05) is 0 Å². The molecule has 0 radical (unpaired) electrons. The van der Waals surface area contributed by atoms with Crippen molar-refractivity contribution in [2.24, 2.45) is 5.92 Å². The molecule has 0 aliphatic heterocycles. The Morgan fingerprint density at radius 1 is 1.06 bits per heavy atom. The van der Waals surface area contributed by atoms with E-state index in [-0.39, 0.29) is 17.1 Å². The summed E-state index contributed by atoms with van der Waals surface area (Å²) in [5.41, 5.74) is -3.05. The van der Waals surface area contributed by atoms with Crippen molar-refractivity contribution < 1.29 is 35.4 Å². The molecule has 2 aromatic carbocycles. The Hall–Kier alpha value is -2.91. The van der Waals surface area contributed by atoms with Crippen molar-refractivity contribution in [2.75, 3.05) is 48.5 Å². The van der Waals surface area contributed by atoms with Crippen LogP contribution >= 0.6 is 0 Å². The van der Waals surface area contributed by atoms with Gasteiger partial charge in [0.15, 0.2) is 23.0 Å². The first-order valence-corrected chi connectivity index (χ1v) is 10.2. The zero-order valence-corrected chi connectivity index (χ0v) is 19.8.